The number of hydrogen-bond acceptors (Lipinski definition) is 5. The van der Waals surface area contributed by atoms with E-state index < -0.39 is 10.0 Å². The second-order valence-corrected chi connectivity index (χ2v) is 7.54. The largest absolute Gasteiger partial charge is 0.489 e. The van der Waals surface area contributed by atoms with Gasteiger partial charge in [0.05, 0.1) is 5.02 Å². The lowest BCUT2D eigenvalue weighted by atomic mass is 10.1. The Kier molecular flexibility index (Phi) is 4.93. The molecular weight excluding hydrogens is 350 g/mol. The Morgan fingerprint density at radius 2 is 1.88 bits per heavy atom. The molecule has 3 rings (SSSR count). The van der Waals surface area contributed by atoms with E-state index in [1.165, 1.54) is 6.07 Å². The molecule has 8 heteroatoms. The Morgan fingerprint density at radius 3 is 2.54 bits per heavy atom. The molecule has 1 aromatic carbocycles. The van der Waals surface area contributed by atoms with Gasteiger partial charge in [0.2, 0.25) is 10.0 Å². The summed E-state index contributed by atoms with van der Waals surface area (Å²) in [7, 11) is -3.80. The van der Waals surface area contributed by atoms with Crippen molar-refractivity contribution in [3.63, 3.8) is 0 Å². The van der Waals surface area contributed by atoms with Crippen molar-refractivity contribution in [1.29, 1.82) is 0 Å². The lowest BCUT2D eigenvalue weighted by Crippen LogP contribution is -2.39. The Hall–Kier alpha value is -1.83. The molecule has 0 bridgehead atoms. The van der Waals surface area contributed by atoms with E-state index in [1.807, 2.05) is 23.1 Å². The van der Waals surface area contributed by atoms with Crippen LogP contribution in [0.5, 0.6) is 5.75 Å². The monoisotopic (exact) mass is 367 g/mol. The first-order chi connectivity index (χ1) is 11.4. The van der Waals surface area contributed by atoms with Crippen LogP contribution in [0.25, 0.3) is 0 Å². The molecule has 0 atom stereocenters. The van der Waals surface area contributed by atoms with Gasteiger partial charge in [0, 0.05) is 32.1 Å². The van der Waals surface area contributed by atoms with Crippen molar-refractivity contribution in [2.75, 3.05) is 18.0 Å². The summed E-state index contributed by atoms with van der Waals surface area (Å²) in [4.78, 5) is 6.17. The average molecular weight is 368 g/mol. The molecule has 2 heterocycles. The number of halogens is 1. The zero-order valence-electron chi connectivity index (χ0n) is 12.9. The molecule has 0 aliphatic carbocycles. The van der Waals surface area contributed by atoms with Gasteiger partial charge in [0.1, 0.15) is 22.6 Å². The van der Waals surface area contributed by atoms with Crippen LogP contribution in [0.3, 0.4) is 0 Å². The van der Waals surface area contributed by atoms with Crippen molar-refractivity contribution in [2.45, 2.75) is 23.8 Å². The molecule has 1 aromatic heterocycles. The van der Waals surface area contributed by atoms with E-state index in [2.05, 4.69) is 4.98 Å². The van der Waals surface area contributed by atoms with Crippen molar-refractivity contribution in [3.8, 4) is 5.75 Å². The third-order valence-electron chi connectivity index (χ3n) is 3.93. The van der Waals surface area contributed by atoms with E-state index in [-0.39, 0.29) is 11.0 Å². The fourth-order valence-corrected chi connectivity index (χ4v) is 3.63. The molecule has 1 fully saturated rings. The molecule has 2 N–H and O–H groups in total. The van der Waals surface area contributed by atoms with Gasteiger partial charge in [-0.2, -0.15) is 0 Å². The van der Waals surface area contributed by atoms with E-state index in [1.54, 1.807) is 18.3 Å². The first-order valence-corrected chi connectivity index (χ1v) is 9.51. The summed E-state index contributed by atoms with van der Waals surface area (Å²) in [6.07, 6.45) is 3.08. The Morgan fingerprint density at radius 1 is 1.17 bits per heavy atom. The van der Waals surface area contributed by atoms with Crippen LogP contribution in [0.15, 0.2) is 47.5 Å². The van der Waals surface area contributed by atoms with Gasteiger partial charge in [0.15, 0.2) is 0 Å². The molecule has 1 aliphatic heterocycles. The lowest BCUT2D eigenvalue weighted by Gasteiger charge is -2.33. The molecule has 1 saturated heterocycles. The predicted octanol–water partition coefficient (Wildman–Crippen LogP) is 2.43. The number of piperidine rings is 1. The van der Waals surface area contributed by atoms with Gasteiger partial charge >= 0.3 is 0 Å². The summed E-state index contributed by atoms with van der Waals surface area (Å²) in [5, 5.41) is 5.86. The fraction of sp³-hybridized carbons (Fsp3) is 0.312. The summed E-state index contributed by atoms with van der Waals surface area (Å²) in [6, 6.07) is 10.4. The quantitative estimate of drug-likeness (QED) is 0.896. The molecule has 0 saturated carbocycles. The minimum atomic E-state index is -3.80. The molecule has 2 aromatic rings. The average Bonchev–Trinajstić information content (AvgIpc) is 2.57. The van der Waals surface area contributed by atoms with Crippen LogP contribution in [-0.2, 0) is 10.0 Å². The highest BCUT2D eigenvalue weighted by Gasteiger charge is 2.26. The minimum Gasteiger partial charge on any atom is -0.489 e. The van der Waals surface area contributed by atoms with Crippen LogP contribution in [0, 0.1) is 0 Å². The molecule has 128 valence electrons. The van der Waals surface area contributed by atoms with Crippen molar-refractivity contribution in [1.82, 2.24) is 4.98 Å². The molecule has 0 amide bonds. The molecular formula is C16H18ClN3O3S. The Balaban J connectivity index is 1.69. The van der Waals surface area contributed by atoms with Crippen LogP contribution in [0.2, 0.25) is 5.02 Å². The zero-order valence-corrected chi connectivity index (χ0v) is 14.5. The summed E-state index contributed by atoms with van der Waals surface area (Å²) < 4.78 is 29.4. The SMILES string of the molecule is NS(=O)(=O)c1cccnc1N1CCC(Oc2ccccc2Cl)CC1. The maximum absolute atomic E-state index is 11.7. The van der Waals surface area contributed by atoms with Gasteiger partial charge in [-0.15, -0.1) is 0 Å². The van der Waals surface area contributed by atoms with E-state index in [0.717, 1.165) is 12.8 Å². The first-order valence-electron chi connectivity index (χ1n) is 7.59. The van der Waals surface area contributed by atoms with Crippen LogP contribution in [0.4, 0.5) is 5.82 Å². The topological polar surface area (TPSA) is 85.5 Å². The number of anilines is 1. The van der Waals surface area contributed by atoms with Crippen LogP contribution in [-0.4, -0.2) is 32.6 Å². The van der Waals surface area contributed by atoms with E-state index in [9.17, 15) is 8.42 Å². The first kappa shape index (κ1) is 17.0. The van der Waals surface area contributed by atoms with Gasteiger partial charge in [0.25, 0.3) is 0 Å². The summed E-state index contributed by atoms with van der Waals surface area (Å²) >= 11 is 6.11. The number of primary sulfonamides is 1. The lowest BCUT2D eigenvalue weighted by molar-refractivity contribution is 0.170. The highest BCUT2D eigenvalue weighted by Crippen LogP contribution is 2.29. The zero-order chi connectivity index (χ0) is 17.2. The smallest absolute Gasteiger partial charge is 0.241 e. The van der Waals surface area contributed by atoms with Crippen molar-refractivity contribution in [3.05, 3.63) is 47.6 Å². The number of nitrogens with zero attached hydrogens (tertiary/aromatic N) is 2. The number of nitrogens with two attached hydrogens (primary N) is 1. The molecule has 0 radical (unpaired) electrons. The highest BCUT2D eigenvalue weighted by atomic mass is 35.5. The van der Waals surface area contributed by atoms with Gasteiger partial charge < -0.3 is 9.64 Å². The normalized spacial score (nSPS) is 16.2. The third-order valence-corrected chi connectivity index (χ3v) is 5.17. The van der Waals surface area contributed by atoms with Gasteiger partial charge in [-0.25, -0.2) is 18.5 Å². The number of para-hydroxylation sites is 1. The van der Waals surface area contributed by atoms with E-state index >= 15 is 0 Å². The van der Waals surface area contributed by atoms with Crippen molar-refractivity contribution in [2.24, 2.45) is 5.14 Å². The van der Waals surface area contributed by atoms with Gasteiger partial charge in [-0.1, -0.05) is 23.7 Å². The van der Waals surface area contributed by atoms with E-state index in [0.29, 0.717) is 29.7 Å². The second-order valence-electron chi connectivity index (χ2n) is 5.60. The highest BCUT2D eigenvalue weighted by molar-refractivity contribution is 7.89. The van der Waals surface area contributed by atoms with E-state index in [4.69, 9.17) is 21.5 Å². The van der Waals surface area contributed by atoms with Crippen molar-refractivity contribution >= 4 is 27.4 Å². The Labute approximate surface area is 146 Å². The number of pyridine rings is 1. The molecule has 6 nitrogen and oxygen atoms in total. The van der Waals surface area contributed by atoms with Gasteiger partial charge in [-0.3, -0.25) is 0 Å². The Bertz CT molecular complexity index is 821. The summed E-state index contributed by atoms with van der Waals surface area (Å²) in [6.45, 7) is 1.27. The van der Waals surface area contributed by atoms with Crippen LogP contribution in [0.1, 0.15) is 12.8 Å². The standard InChI is InChI=1S/C16H18ClN3O3S/c17-13-4-1-2-5-14(13)23-12-7-10-20(11-8-12)16-15(24(18,21)22)6-3-9-19-16/h1-6,9,12H,7-8,10-11H2,(H2,18,21,22). The fourth-order valence-electron chi connectivity index (χ4n) is 2.75. The second kappa shape index (κ2) is 6.96. The molecule has 24 heavy (non-hydrogen) atoms. The summed E-state index contributed by atoms with van der Waals surface area (Å²) in [5.74, 6) is 1.07. The number of aromatic nitrogens is 1. The van der Waals surface area contributed by atoms with Crippen LogP contribution >= 0.6 is 11.6 Å². The predicted molar refractivity (Wildman–Crippen MR) is 92.9 cm³/mol. The minimum absolute atomic E-state index is 0.0304. The maximum atomic E-state index is 11.7. The molecule has 1 aliphatic rings. The summed E-state index contributed by atoms with van der Waals surface area (Å²) in [5.41, 5.74) is 0. The molecule has 0 spiro atoms. The third kappa shape index (κ3) is 3.80. The number of ether oxygens (including phenoxy) is 1. The van der Waals surface area contributed by atoms with Gasteiger partial charge in [-0.05, 0) is 24.3 Å². The van der Waals surface area contributed by atoms with Crippen LogP contribution < -0.4 is 14.8 Å². The number of rotatable bonds is 4. The number of sulfonamides is 1. The van der Waals surface area contributed by atoms with Crippen molar-refractivity contribution < 1.29 is 13.2 Å². The number of benzene rings is 1. The maximum Gasteiger partial charge on any atom is 0.241 e. The molecule has 0 unspecified atom stereocenters. The number of hydrogen-bond donors (Lipinski definition) is 1.